The molecule has 0 heterocycles. The Balaban J connectivity index is 2.16. The zero-order chi connectivity index (χ0) is 13.8. The van der Waals surface area contributed by atoms with Crippen LogP contribution in [0.1, 0.15) is 28.9 Å². The molecule has 2 N–H and O–H groups in total. The first-order valence-corrected chi connectivity index (χ1v) is 5.89. The highest BCUT2D eigenvalue weighted by Gasteiger charge is 2.17. The lowest BCUT2D eigenvalue weighted by molar-refractivity contribution is 0.0338. The van der Waals surface area contributed by atoms with Crippen LogP contribution < -0.4 is 5.73 Å². The van der Waals surface area contributed by atoms with Gasteiger partial charge in [0.15, 0.2) is 0 Å². The molecule has 98 valence electrons. The van der Waals surface area contributed by atoms with Crippen molar-refractivity contribution in [3.63, 3.8) is 0 Å². The highest BCUT2D eigenvalue weighted by molar-refractivity contribution is 5.95. The van der Waals surface area contributed by atoms with Crippen LogP contribution in [-0.4, -0.2) is 5.97 Å². The van der Waals surface area contributed by atoms with E-state index in [0.717, 1.165) is 5.56 Å². The smallest absolute Gasteiger partial charge is 0.340 e. The molecule has 0 saturated heterocycles. The van der Waals surface area contributed by atoms with Crippen molar-refractivity contribution in [2.75, 3.05) is 5.73 Å². The van der Waals surface area contributed by atoms with Crippen LogP contribution >= 0.6 is 0 Å². The van der Waals surface area contributed by atoms with E-state index in [-0.39, 0.29) is 11.3 Å². The van der Waals surface area contributed by atoms with E-state index in [9.17, 15) is 9.18 Å². The summed E-state index contributed by atoms with van der Waals surface area (Å²) in [4.78, 5) is 11.9. The summed E-state index contributed by atoms with van der Waals surface area (Å²) < 4.78 is 18.5. The SMILES string of the molecule is CC(OC(=O)c1cccc(F)c1N)c1ccccc1. The first-order chi connectivity index (χ1) is 9.09. The highest BCUT2D eigenvalue weighted by Crippen LogP contribution is 2.21. The van der Waals surface area contributed by atoms with Crippen molar-refractivity contribution in [2.24, 2.45) is 0 Å². The topological polar surface area (TPSA) is 52.3 Å². The number of halogens is 1. The third-order valence-electron chi connectivity index (χ3n) is 2.83. The van der Waals surface area contributed by atoms with Crippen LogP contribution in [0.15, 0.2) is 48.5 Å². The van der Waals surface area contributed by atoms with E-state index < -0.39 is 17.9 Å². The minimum Gasteiger partial charge on any atom is -0.454 e. The van der Waals surface area contributed by atoms with Crippen molar-refractivity contribution < 1.29 is 13.9 Å². The second-order valence-electron chi connectivity index (χ2n) is 4.16. The summed E-state index contributed by atoms with van der Waals surface area (Å²) in [6, 6.07) is 13.4. The molecule has 0 fully saturated rings. The normalized spacial score (nSPS) is 11.9. The summed E-state index contributed by atoms with van der Waals surface area (Å²) in [5.74, 6) is -1.25. The number of para-hydroxylation sites is 1. The number of hydrogen-bond donors (Lipinski definition) is 1. The molecule has 0 amide bonds. The minimum atomic E-state index is -0.631. The lowest BCUT2D eigenvalue weighted by Crippen LogP contribution is -2.12. The van der Waals surface area contributed by atoms with Crippen LogP contribution in [0.5, 0.6) is 0 Å². The molecule has 3 nitrogen and oxygen atoms in total. The third-order valence-corrected chi connectivity index (χ3v) is 2.83. The third kappa shape index (κ3) is 2.91. The molecule has 0 radical (unpaired) electrons. The Labute approximate surface area is 110 Å². The first-order valence-electron chi connectivity index (χ1n) is 5.89. The molecule has 0 aliphatic rings. The van der Waals surface area contributed by atoms with Crippen molar-refractivity contribution in [2.45, 2.75) is 13.0 Å². The molecule has 1 unspecified atom stereocenters. The Morgan fingerprint density at radius 1 is 1.16 bits per heavy atom. The van der Waals surface area contributed by atoms with Crippen LogP contribution in [0.25, 0.3) is 0 Å². The van der Waals surface area contributed by atoms with Crippen LogP contribution in [0.3, 0.4) is 0 Å². The molecule has 19 heavy (non-hydrogen) atoms. The quantitative estimate of drug-likeness (QED) is 0.679. The largest absolute Gasteiger partial charge is 0.454 e. The first kappa shape index (κ1) is 13.1. The number of benzene rings is 2. The monoisotopic (exact) mass is 259 g/mol. The number of rotatable bonds is 3. The summed E-state index contributed by atoms with van der Waals surface area (Å²) in [7, 11) is 0. The lowest BCUT2D eigenvalue weighted by Gasteiger charge is -2.14. The predicted octanol–water partition coefficient (Wildman–Crippen LogP) is 3.33. The highest BCUT2D eigenvalue weighted by atomic mass is 19.1. The fraction of sp³-hybridized carbons (Fsp3) is 0.133. The van der Waals surface area contributed by atoms with Gasteiger partial charge in [-0.2, -0.15) is 0 Å². The van der Waals surface area contributed by atoms with Crippen molar-refractivity contribution in [3.8, 4) is 0 Å². The van der Waals surface area contributed by atoms with Gasteiger partial charge in [0.25, 0.3) is 0 Å². The zero-order valence-corrected chi connectivity index (χ0v) is 10.5. The number of hydrogen-bond acceptors (Lipinski definition) is 3. The van der Waals surface area contributed by atoms with Crippen molar-refractivity contribution in [1.29, 1.82) is 0 Å². The summed E-state index contributed by atoms with van der Waals surface area (Å²) in [5, 5.41) is 0. The lowest BCUT2D eigenvalue weighted by atomic mass is 10.1. The van der Waals surface area contributed by atoms with E-state index in [1.807, 2.05) is 30.3 Å². The molecule has 1 atom stereocenters. The summed E-state index contributed by atoms with van der Waals surface area (Å²) in [6.45, 7) is 1.75. The molecule has 0 bridgehead atoms. The molecule has 4 heteroatoms. The fourth-order valence-electron chi connectivity index (χ4n) is 1.73. The summed E-state index contributed by atoms with van der Waals surface area (Å²) >= 11 is 0. The van der Waals surface area contributed by atoms with Gasteiger partial charge in [0, 0.05) is 0 Å². The molecular weight excluding hydrogens is 245 g/mol. The van der Waals surface area contributed by atoms with Crippen LogP contribution in [0.2, 0.25) is 0 Å². The average Bonchev–Trinajstić information content (AvgIpc) is 2.42. The molecule has 2 rings (SSSR count). The number of anilines is 1. The number of carbonyl (C=O) groups excluding carboxylic acids is 1. The van der Waals surface area contributed by atoms with Gasteiger partial charge in [0.05, 0.1) is 11.3 Å². The number of nitrogens with two attached hydrogens (primary N) is 1. The van der Waals surface area contributed by atoms with Gasteiger partial charge in [-0.25, -0.2) is 9.18 Å². The molecule has 0 aliphatic heterocycles. The Hall–Kier alpha value is -2.36. The number of ether oxygens (including phenoxy) is 1. The molecule has 2 aromatic carbocycles. The van der Waals surface area contributed by atoms with Gasteiger partial charge in [0.1, 0.15) is 11.9 Å². The Bertz CT molecular complexity index is 584. The van der Waals surface area contributed by atoms with Crippen LogP contribution in [0, 0.1) is 5.82 Å². The summed E-state index contributed by atoms with van der Waals surface area (Å²) in [5.41, 5.74) is 6.25. The zero-order valence-electron chi connectivity index (χ0n) is 10.5. The maximum absolute atomic E-state index is 13.3. The Morgan fingerprint density at radius 2 is 1.84 bits per heavy atom. The molecule has 0 aliphatic carbocycles. The average molecular weight is 259 g/mol. The fourth-order valence-corrected chi connectivity index (χ4v) is 1.73. The number of esters is 1. The standard InChI is InChI=1S/C15H14FNO2/c1-10(11-6-3-2-4-7-11)19-15(18)12-8-5-9-13(16)14(12)17/h2-10H,17H2,1H3. The van der Waals surface area contributed by atoms with Gasteiger partial charge in [-0.1, -0.05) is 36.4 Å². The molecule has 0 aromatic heterocycles. The molecule has 2 aromatic rings. The molecule has 0 saturated carbocycles. The van der Waals surface area contributed by atoms with E-state index in [0.29, 0.717) is 0 Å². The van der Waals surface area contributed by atoms with Crippen molar-refractivity contribution in [1.82, 2.24) is 0 Å². The van der Waals surface area contributed by atoms with E-state index in [1.54, 1.807) is 6.92 Å². The second kappa shape index (κ2) is 5.52. The van der Waals surface area contributed by atoms with E-state index in [2.05, 4.69) is 0 Å². The van der Waals surface area contributed by atoms with Gasteiger partial charge in [-0.3, -0.25) is 0 Å². The predicted molar refractivity (Wildman–Crippen MR) is 71.1 cm³/mol. The van der Waals surface area contributed by atoms with Crippen LogP contribution in [-0.2, 0) is 4.74 Å². The van der Waals surface area contributed by atoms with Gasteiger partial charge >= 0.3 is 5.97 Å². The maximum Gasteiger partial charge on any atom is 0.340 e. The summed E-state index contributed by atoms with van der Waals surface area (Å²) in [6.07, 6.45) is -0.420. The molecular formula is C15H14FNO2. The van der Waals surface area contributed by atoms with Crippen LogP contribution in [0.4, 0.5) is 10.1 Å². The second-order valence-corrected chi connectivity index (χ2v) is 4.16. The van der Waals surface area contributed by atoms with E-state index in [4.69, 9.17) is 10.5 Å². The van der Waals surface area contributed by atoms with Crippen molar-refractivity contribution in [3.05, 3.63) is 65.5 Å². The van der Waals surface area contributed by atoms with E-state index in [1.165, 1.54) is 18.2 Å². The minimum absolute atomic E-state index is 0.0442. The van der Waals surface area contributed by atoms with E-state index >= 15 is 0 Å². The van der Waals surface area contributed by atoms with Gasteiger partial charge in [-0.15, -0.1) is 0 Å². The number of nitrogen functional groups attached to an aromatic ring is 1. The molecule has 0 spiro atoms. The Morgan fingerprint density at radius 3 is 2.53 bits per heavy atom. The number of carbonyl (C=O) groups is 1. The maximum atomic E-state index is 13.3. The van der Waals surface area contributed by atoms with Gasteiger partial charge in [0.2, 0.25) is 0 Å². The van der Waals surface area contributed by atoms with Gasteiger partial charge in [-0.05, 0) is 24.6 Å². The Kier molecular flexibility index (Phi) is 3.80. The van der Waals surface area contributed by atoms with Gasteiger partial charge < -0.3 is 10.5 Å². The van der Waals surface area contributed by atoms with Crippen molar-refractivity contribution >= 4 is 11.7 Å².